The maximum Gasteiger partial charge on any atom is 0.151 e. The summed E-state index contributed by atoms with van der Waals surface area (Å²) in [5, 5.41) is 7.91. The number of halogens is 1. The molecular formula is C10H6ClN2O2S-. The van der Waals surface area contributed by atoms with Crippen LogP contribution < -0.4 is 0 Å². The minimum atomic E-state index is -2.20. The molecule has 0 fully saturated rings. The molecule has 1 atom stereocenters. The van der Waals surface area contributed by atoms with Gasteiger partial charge in [-0.05, 0) is 35.3 Å². The molecule has 1 heterocycles. The zero-order chi connectivity index (χ0) is 11.5. The summed E-state index contributed by atoms with van der Waals surface area (Å²) >= 11 is 3.41. The summed E-state index contributed by atoms with van der Waals surface area (Å²) in [5.74, 6) is 0. The van der Waals surface area contributed by atoms with Gasteiger partial charge in [0, 0.05) is 10.5 Å². The minimum absolute atomic E-state index is 0.241. The zero-order valence-electron chi connectivity index (χ0n) is 7.96. The fraction of sp³-hybridized carbons (Fsp3) is 0. The lowest BCUT2D eigenvalue weighted by Crippen LogP contribution is -1.90. The number of nitrogens with zero attached hydrogens (tertiary/aromatic N) is 2. The second-order valence-electron chi connectivity index (χ2n) is 3.00. The Morgan fingerprint density at radius 3 is 2.25 bits per heavy atom. The van der Waals surface area contributed by atoms with E-state index in [9.17, 15) is 8.76 Å². The van der Waals surface area contributed by atoms with Gasteiger partial charge < -0.3 is 4.55 Å². The van der Waals surface area contributed by atoms with Crippen molar-refractivity contribution in [2.75, 3.05) is 0 Å². The van der Waals surface area contributed by atoms with Gasteiger partial charge in [0.2, 0.25) is 0 Å². The van der Waals surface area contributed by atoms with Crippen molar-refractivity contribution in [1.82, 2.24) is 10.2 Å². The predicted octanol–water partition coefficient (Wildman–Crippen LogP) is 2.03. The number of hydrogen-bond donors (Lipinski definition) is 0. The number of aromatic nitrogens is 2. The van der Waals surface area contributed by atoms with Gasteiger partial charge in [0.05, 0.1) is 5.69 Å². The molecule has 0 amide bonds. The van der Waals surface area contributed by atoms with Crippen LogP contribution in [-0.4, -0.2) is 19.0 Å². The SMILES string of the molecule is O=S([O-])c1ccc(-c2ccc(Cl)nn2)cc1. The summed E-state index contributed by atoms with van der Waals surface area (Å²) in [5.41, 5.74) is 1.44. The van der Waals surface area contributed by atoms with Crippen LogP contribution in [0.3, 0.4) is 0 Å². The fourth-order valence-corrected chi connectivity index (χ4v) is 1.67. The van der Waals surface area contributed by atoms with E-state index in [0.717, 1.165) is 5.56 Å². The number of hydrogen-bond acceptors (Lipinski definition) is 4. The highest BCUT2D eigenvalue weighted by Gasteiger charge is 2.00. The largest absolute Gasteiger partial charge is 0.768 e. The van der Waals surface area contributed by atoms with Gasteiger partial charge in [-0.1, -0.05) is 23.7 Å². The molecule has 0 aliphatic rings. The third kappa shape index (κ3) is 2.44. The van der Waals surface area contributed by atoms with Gasteiger partial charge in [-0.2, -0.15) is 0 Å². The molecular weight excluding hydrogens is 248 g/mol. The summed E-state index contributed by atoms with van der Waals surface area (Å²) in [6.45, 7) is 0. The van der Waals surface area contributed by atoms with Gasteiger partial charge in [-0.3, -0.25) is 4.21 Å². The average molecular weight is 254 g/mol. The summed E-state index contributed by atoms with van der Waals surface area (Å²) in [6.07, 6.45) is 0. The Morgan fingerprint density at radius 1 is 1.06 bits per heavy atom. The normalized spacial score (nSPS) is 12.4. The second-order valence-corrected chi connectivity index (χ2v) is 4.33. The highest BCUT2D eigenvalue weighted by molar-refractivity contribution is 7.79. The van der Waals surface area contributed by atoms with Gasteiger partial charge in [-0.15, -0.1) is 10.2 Å². The van der Waals surface area contributed by atoms with Crippen LogP contribution in [-0.2, 0) is 11.1 Å². The van der Waals surface area contributed by atoms with E-state index in [1.165, 1.54) is 12.1 Å². The first kappa shape index (κ1) is 11.2. The Morgan fingerprint density at radius 2 is 1.75 bits per heavy atom. The third-order valence-corrected chi connectivity index (χ3v) is 2.83. The number of benzene rings is 1. The van der Waals surface area contributed by atoms with E-state index >= 15 is 0 Å². The van der Waals surface area contributed by atoms with Crippen LogP contribution in [0, 0.1) is 0 Å². The quantitative estimate of drug-likeness (QED) is 0.768. The van der Waals surface area contributed by atoms with Crippen molar-refractivity contribution in [3.8, 4) is 11.3 Å². The van der Waals surface area contributed by atoms with Gasteiger partial charge in [-0.25, -0.2) is 0 Å². The van der Waals surface area contributed by atoms with E-state index in [1.807, 2.05) is 0 Å². The molecule has 0 radical (unpaired) electrons. The molecule has 0 N–H and O–H groups in total. The Balaban J connectivity index is 2.34. The highest BCUT2D eigenvalue weighted by Crippen LogP contribution is 2.18. The molecule has 0 bridgehead atoms. The van der Waals surface area contributed by atoms with E-state index < -0.39 is 11.1 Å². The molecule has 2 aromatic rings. The molecule has 1 aromatic carbocycles. The van der Waals surface area contributed by atoms with Crippen molar-refractivity contribution in [3.63, 3.8) is 0 Å². The first-order valence-corrected chi connectivity index (χ1v) is 5.81. The zero-order valence-corrected chi connectivity index (χ0v) is 9.53. The fourth-order valence-electron chi connectivity index (χ4n) is 1.21. The molecule has 0 saturated heterocycles. The van der Waals surface area contributed by atoms with Crippen LogP contribution in [0.15, 0.2) is 41.3 Å². The minimum Gasteiger partial charge on any atom is -0.768 e. The van der Waals surface area contributed by atoms with Gasteiger partial charge >= 0.3 is 0 Å². The van der Waals surface area contributed by atoms with Crippen LogP contribution in [0.25, 0.3) is 11.3 Å². The Kier molecular flexibility index (Phi) is 3.28. The molecule has 4 nitrogen and oxygen atoms in total. The lowest BCUT2D eigenvalue weighted by molar-refractivity contribution is 0.537. The van der Waals surface area contributed by atoms with Crippen LogP contribution >= 0.6 is 11.6 Å². The molecule has 16 heavy (non-hydrogen) atoms. The van der Waals surface area contributed by atoms with E-state index in [2.05, 4.69) is 10.2 Å². The molecule has 1 aromatic heterocycles. The van der Waals surface area contributed by atoms with Crippen LogP contribution in [0.5, 0.6) is 0 Å². The van der Waals surface area contributed by atoms with Crippen molar-refractivity contribution >= 4 is 22.7 Å². The Hall–Kier alpha value is -1.30. The standard InChI is InChI=1S/C10H7ClN2O2S/c11-10-6-5-9(12-13-10)7-1-3-8(4-2-7)16(14)15/h1-6H,(H,14,15)/p-1. The van der Waals surface area contributed by atoms with E-state index in [0.29, 0.717) is 10.8 Å². The molecule has 0 saturated carbocycles. The lowest BCUT2D eigenvalue weighted by Gasteiger charge is -2.05. The van der Waals surface area contributed by atoms with Gasteiger partial charge in [0.1, 0.15) is 0 Å². The monoisotopic (exact) mass is 253 g/mol. The number of rotatable bonds is 2. The topological polar surface area (TPSA) is 65.9 Å². The molecule has 0 aliphatic carbocycles. The average Bonchev–Trinajstić information content (AvgIpc) is 2.30. The van der Waals surface area contributed by atoms with E-state index in [4.69, 9.17) is 11.6 Å². The Bertz CT molecular complexity index is 513. The molecule has 0 aliphatic heterocycles. The highest BCUT2D eigenvalue weighted by atomic mass is 35.5. The summed E-state index contributed by atoms with van der Waals surface area (Å²) in [6, 6.07) is 9.71. The second kappa shape index (κ2) is 4.69. The van der Waals surface area contributed by atoms with E-state index in [-0.39, 0.29) is 4.90 Å². The molecule has 2 rings (SSSR count). The van der Waals surface area contributed by atoms with Crippen molar-refractivity contribution in [1.29, 1.82) is 0 Å². The first-order chi connectivity index (χ1) is 7.66. The predicted molar refractivity (Wildman–Crippen MR) is 59.7 cm³/mol. The molecule has 82 valence electrons. The van der Waals surface area contributed by atoms with Gasteiger partial charge in [0.15, 0.2) is 5.15 Å². The van der Waals surface area contributed by atoms with Crippen LogP contribution in [0.2, 0.25) is 5.15 Å². The lowest BCUT2D eigenvalue weighted by atomic mass is 10.1. The Labute approximate surface area is 99.6 Å². The van der Waals surface area contributed by atoms with Crippen LogP contribution in [0.4, 0.5) is 0 Å². The van der Waals surface area contributed by atoms with Crippen molar-refractivity contribution in [3.05, 3.63) is 41.6 Å². The maximum absolute atomic E-state index is 10.6. The van der Waals surface area contributed by atoms with Crippen molar-refractivity contribution in [2.24, 2.45) is 0 Å². The first-order valence-electron chi connectivity index (χ1n) is 4.36. The molecule has 1 unspecified atom stereocenters. The van der Waals surface area contributed by atoms with Gasteiger partial charge in [0.25, 0.3) is 0 Å². The molecule has 6 heteroatoms. The van der Waals surface area contributed by atoms with Crippen molar-refractivity contribution in [2.45, 2.75) is 4.90 Å². The van der Waals surface area contributed by atoms with Crippen LogP contribution in [0.1, 0.15) is 0 Å². The third-order valence-electron chi connectivity index (χ3n) is 1.97. The summed E-state index contributed by atoms with van der Waals surface area (Å²) in [4.78, 5) is 0.241. The molecule has 0 spiro atoms. The smallest absolute Gasteiger partial charge is 0.151 e. The summed E-state index contributed by atoms with van der Waals surface area (Å²) < 4.78 is 21.3. The van der Waals surface area contributed by atoms with Crippen molar-refractivity contribution < 1.29 is 8.76 Å². The van der Waals surface area contributed by atoms with E-state index in [1.54, 1.807) is 24.3 Å². The summed E-state index contributed by atoms with van der Waals surface area (Å²) in [7, 11) is 0. The maximum atomic E-state index is 10.6.